The van der Waals surface area contributed by atoms with Gasteiger partial charge >= 0.3 is 6.18 Å². The lowest BCUT2D eigenvalue weighted by molar-refractivity contribution is -0.140. The predicted octanol–water partition coefficient (Wildman–Crippen LogP) is 2.92. The summed E-state index contributed by atoms with van der Waals surface area (Å²) in [6, 6.07) is 0.105. The highest BCUT2D eigenvalue weighted by atomic mass is 32.1. The van der Waals surface area contributed by atoms with Crippen molar-refractivity contribution in [1.82, 2.24) is 10.3 Å². The van der Waals surface area contributed by atoms with Gasteiger partial charge in [-0.05, 0) is 5.92 Å². The summed E-state index contributed by atoms with van der Waals surface area (Å²) in [5.74, 6) is 0.340. The number of nitrogens with one attached hydrogen (secondary N) is 1. The van der Waals surface area contributed by atoms with Crippen LogP contribution in [-0.4, -0.2) is 24.7 Å². The third kappa shape index (κ3) is 4.55. The number of alkyl halides is 3. The van der Waals surface area contributed by atoms with E-state index < -0.39 is 11.9 Å². The van der Waals surface area contributed by atoms with Gasteiger partial charge in [0.05, 0.1) is 6.61 Å². The quantitative estimate of drug-likeness (QED) is 0.871. The number of thiazole rings is 1. The van der Waals surface area contributed by atoms with Crippen LogP contribution >= 0.6 is 11.3 Å². The molecule has 7 heteroatoms. The van der Waals surface area contributed by atoms with Gasteiger partial charge in [0, 0.05) is 25.1 Å². The van der Waals surface area contributed by atoms with E-state index in [9.17, 15) is 13.2 Å². The van der Waals surface area contributed by atoms with Crippen LogP contribution < -0.4 is 5.32 Å². The Balaban J connectivity index is 2.55. The molecule has 0 aliphatic heterocycles. The first-order chi connectivity index (χ1) is 8.34. The van der Waals surface area contributed by atoms with Crippen molar-refractivity contribution in [3.05, 3.63) is 16.1 Å². The lowest BCUT2D eigenvalue weighted by Crippen LogP contribution is -2.37. The van der Waals surface area contributed by atoms with E-state index in [0.717, 1.165) is 16.7 Å². The Labute approximate surface area is 108 Å². The molecule has 0 aliphatic carbocycles. The number of hydrogen-bond acceptors (Lipinski definition) is 4. The van der Waals surface area contributed by atoms with E-state index in [0.29, 0.717) is 24.1 Å². The van der Waals surface area contributed by atoms with Gasteiger partial charge in [-0.3, -0.25) is 0 Å². The van der Waals surface area contributed by atoms with Gasteiger partial charge in [-0.1, -0.05) is 13.8 Å². The molecule has 0 saturated carbocycles. The van der Waals surface area contributed by atoms with Gasteiger partial charge in [0.15, 0.2) is 5.69 Å². The minimum absolute atomic E-state index is 0.105. The molecule has 1 aromatic rings. The van der Waals surface area contributed by atoms with Crippen LogP contribution in [0.4, 0.5) is 13.2 Å². The van der Waals surface area contributed by atoms with E-state index in [4.69, 9.17) is 4.74 Å². The molecule has 1 heterocycles. The van der Waals surface area contributed by atoms with Crippen LogP contribution in [0.25, 0.3) is 0 Å². The molecule has 18 heavy (non-hydrogen) atoms. The van der Waals surface area contributed by atoms with Crippen LogP contribution in [0, 0.1) is 5.92 Å². The normalized spacial score (nSPS) is 14.2. The monoisotopic (exact) mass is 282 g/mol. The summed E-state index contributed by atoms with van der Waals surface area (Å²) in [4.78, 5) is 3.56. The first-order valence-electron chi connectivity index (χ1n) is 5.58. The summed E-state index contributed by atoms with van der Waals surface area (Å²) in [6.07, 6.45) is -4.36. The zero-order valence-electron chi connectivity index (χ0n) is 10.5. The number of aromatic nitrogens is 1. The van der Waals surface area contributed by atoms with Crippen molar-refractivity contribution in [3.63, 3.8) is 0 Å². The highest BCUT2D eigenvalue weighted by molar-refractivity contribution is 7.09. The Kier molecular flexibility index (Phi) is 5.55. The van der Waals surface area contributed by atoms with Crippen molar-refractivity contribution in [3.8, 4) is 0 Å². The van der Waals surface area contributed by atoms with Crippen LogP contribution in [0.5, 0.6) is 0 Å². The molecular weight excluding hydrogens is 265 g/mol. The summed E-state index contributed by atoms with van der Waals surface area (Å²) in [7, 11) is 1.60. The molecule has 104 valence electrons. The molecule has 0 bridgehead atoms. The zero-order valence-corrected chi connectivity index (χ0v) is 11.4. The number of ether oxygens (including phenoxy) is 1. The Hall–Kier alpha value is -0.660. The highest BCUT2D eigenvalue weighted by Crippen LogP contribution is 2.29. The van der Waals surface area contributed by atoms with Crippen LogP contribution in [0.1, 0.15) is 24.5 Å². The summed E-state index contributed by atoms with van der Waals surface area (Å²) in [5, 5.41) is 4.63. The number of hydrogen-bond donors (Lipinski definition) is 1. The lowest BCUT2D eigenvalue weighted by atomic mass is 10.1. The van der Waals surface area contributed by atoms with Gasteiger partial charge < -0.3 is 10.1 Å². The molecule has 0 spiro atoms. The Morgan fingerprint density at radius 1 is 1.44 bits per heavy atom. The highest BCUT2D eigenvalue weighted by Gasteiger charge is 2.33. The van der Waals surface area contributed by atoms with E-state index in [1.54, 1.807) is 7.11 Å². The summed E-state index contributed by atoms with van der Waals surface area (Å²) < 4.78 is 42.1. The molecule has 1 atom stereocenters. The smallest absolute Gasteiger partial charge is 0.383 e. The number of nitrogens with zero attached hydrogens (tertiary/aromatic N) is 1. The maximum absolute atomic E-state index is 12.4. The Morgan fingerprint density at radius 2 is 2.11 bits per heavy atom. The standard InChI is InChI=1S/C11H17F3N2OS/c1-7(2)8(5-17-3)15-4-10-16-9(6-18-10)11(12,13)14/h6-8,15H,4-5H2,1-3H3/t8-/m0/s1. The van der Waals surface area contributed by atoms with Crippen molar-refractivity contribution in [1.29, 1.82) is 0 Å². The fourth-order valence-electron chi connectivity index (χ4n) is 1.41. The fraction of sp³-hybridized carbons (Fsp3) is 0.727. The van der Waals surface area contributed by atoms with Crippen LogP contribution in [-0.2, 0) is 17.5 Å². The average molecular weight is 282 g/mol. The fourth-order valence-corrected chi connectivity index (χ4v) is 2.16. The topological polar surface area (TPSA) is 34.1 Å². The molecule has 0 amide bonds. The molecule has 0 aromatic carbocycles. The van der Waals surface area contributed by atoms with Crippen molar-refractivity contribution < 1.29 is 17.9 Å². The molecular formula is C11H17F3N2OS. The molecule has 0 radical (unpaired) electrons. The third-order valence-electron chi connectivity index (χ3n) is 2.51. The molecule has 0 fully saturated rings. The van der Waals surface area contributed by atoms with Gasteiger partial charge in [-0.2, -0.15) is 13.2 Å². The second kappa shape index (κ2) is 6.49. The van der Waals surface area contributed by atoms with Crippen molar-refractivity contribution in [2.45, 2.75) is 32.6 Å². The van der Waals surface area contributed by atoms with E-state index in [1.165, 1.54) is 0 Å². The maximum atomic E-state index is 12.4. The maximum Gasteiger partial charge on any atom is 0.434 e. The molecule has 1 rings (SSSR count). The third-order valence-corrected chi connectivity index (χ3v) is 3.36. The average Bonchev–Trinajstić information content (AvgIpc) is 2.71. The van der Waals surface area contributed by atoms with Gasteiger partial charge in [-0.15, -0.1) is 11.3 Å². The van der Waals surface area contributed by atoms with Crippen molar-refractivity contribution in [2.24, 2.45) is 5.92 Å². The second-order valence-corrected chi connectivity index (χ2v) is 5.25. The van der Waals surface area contributed by atoms with Crippen LogP contribution in [0.15, 0.2) is 5.38 Å². The largest absolute Gasteiger partial charge is 0.434 e. The molecule has 0 unspecified atom stereocenters. The number of methoxy groups -OCH3 is 1. The van der Waals surface area contributed by atoms with E-state index in [-0.39, 0.29) is 6.04 Å². The van der Waals surface area contributed by atoms with Crippen molar-refractivity contribution in [2.75, 3.05) is 13.7 Å². The van der Waals surface area contributed by atoms with Crippen molar-refractivity contribution >= 4 is 11.3 Å². The van der Waals surface area contributed by atoms with E-state index in [1.807, 2.05) is 13.8 Å². The second-order valence-electron chi connectivity index (χ2n) is 4.31. The number of rotatable bonds is 6. The molecule has 0 saturated heterocycles. The zero-order chi connectivity index (χ0) is 13.8. The number of halogens is 3. The molecule has 0 aliphatic rings. The van der Waals surface area contributed by atoms with Gasteiger partial charge in [-0.25, -0.2) is 4.98 Å². The summed E-state index contributed by atoms with van der Waals surface area (Å²) >= 11 is 1.01. The predicted molar refractivity (Wildman–Crippen MR) is 64.5 cm³/mol. The summed E-state index contributed by atoms with van der Waals surface area (Å²) in [6.45, 7) is 4.90. The van der Waals surface area contributed by atoms with E-state index >= 15 is 0 Å². The van der Waals surface area contributed by atoms with Gasteiger partial charge in [0.25, 0.3) is 0 Å². The Bertz CT molecular complexity index is 365. The minimum Gasteiger partial charge on any atom is -0.383 e. The SMILES string of the molecule is COC[C@H](NCc1nc(C(F)(F)F)cs1)C(C)C. The molecule has 1 N–H and O–H groups in total. The lowest BCUT2D eigenvalue weighted by Gasteiger charge is -2.20. The molecule has 1 aromatic heterocycles. The van der Waals surface area contributed by atoms with Gasteiger partial charge in [0.2, 0.25) is 0 Å². The van der Waals surface area contributed by atoms with Crippen LogP contribution in [0.2, 0.25) is 0 Å². The first kappa shape index (κ1) is 15.4. The first-order valence-corrected chi connectivity index (χ1v) is 6.46. The van der Waals surface area contributed by atoms with E-state index in [2.05, 4.69) is 10.3 Å². The molecule has 3 nitrogen and oxygen atoms in total. The van der Waals surface area contributed by atoms with Gasteiger partial charge in [0.1, 0.15) is 5.01 Å². The minimum atomic E-state index is -4.36. The summed E-state index contributed by atoms with van der Waals surface area (Å²) in [5.41, 5.74) is -0.822. The Morgan fingerprint density at radius 3 is 2.56 bits per heavy atom. The van der Waals surface area contributed by atoms with Crippen LogP contribution in [0.3, 0.4) is 0 Å².